The van der Waals surface area contributed by atoms with E-state index in [1.165, 1.54) is 0 Å². The summed E-state index contributed by atoms with van der Waals surface area (Å²) in [4.78, 5) is 17.1. The molecule has 6 rings (SSSR count). The summed E-state index contributed by atoms with van der Waals surface area (Å²) in [6.45, 7) is 1.08. The molecule has 3 aromatic rings. The molecule has 0 aromatic carbocycles. The Morgan fingerprint density at radius 2 is 2.15 bits per heavy atom. The Bertz CT molecular complexity index is 1240. The van der Waals surface area contributed by atoms with E-state index in [4.69, 9.17) is 9.15 Å². The first-order chi connectivity index (χ1) is 16.3. The Morgan fingerprint density at radius 3 is 2.82 bits per heavy atom. The van der Waals surface area contributed by atoms with Crippen LogP contribution in [0.15, 0.2) is 35.0 Å². The van der Waals surface area contributed by atoms with Gasteiger partial charge in [-0.2, -0.15) is 18.3 Å². The minimum Gasteiger partial charge on any atom is -0.454 e. The van der Waals surface area contributed by atoms with Crippen molar-refractivity contribution in [2.45, 2.75) is 56.3 Å². The number of fused-ring (bicyclic) bond motifs is 4. The van der Waals surface area contributed by atoms with Crippen LogP contribution in [0, 0.1) is 0 Å². The van der Waals surface area contributed by atoms with Crippen molar-refractivity contribution in [1.82, 2.24) is 20.1 Å². The molecule has 10 heteroatoms. The van der Waals surface area contributed by atoms with Crippen molar-refractivity contribution in [3.05, 3.63) is 58.9 Å². The third kappa shape index (κ3) is 3.60. The molecule has 1 N–H and O–H groups in total. The molecule has 178 valence electrons. The molecule has 4 heterocycles. The van der Waals surface area contributed by atoms with Crippen molar-refractivity contribution in [3.8, 4) is 11.3 Å². The van der Waals surface area contributed by atoms with Gasteiger partial charge in [-0.15, -0.1) is 0 Å². The van der Waals surface area contributed by atoms with Gasteiger partial charge in [0.1, 0.15) is 17.0 Å². The van der Waals surface area contributed by atoms with Crippen LogP contribution in [-0.4, -0.2) is 39.9 Å². The highest BCUT2D eigenvalue weighted by atomic mass is 19.4. The maximum atomic E-state index is 14.3. The second-order valence-corrected chi connectivity index (χ2v) is 9.31. The molecule has 1 spiro atoms. The fraction of sp³-hybridized carbons (Fsp3) is 0.458. The maximum Gasteiger partial charge on any atom is 0.420 e. The van der Waals surface area contributed by atoms with E-state index >= 15 is 0 Å². The lowest BCUT2D eigenvalue weighted by atomic mass is 9.82. The second-order valence-electron chi connectivity index (χ2n) is 9.31. The average Bonchev–Trinajstić information content (AvgIpc) is 3.17. The summed E-state index contributed by atoms with van der Waals surface area (Å²) in [5.41, 5.74) is 0.355. The molecule has 1 atom stereocenters. The number of aromatic nitrogens is 3. The van der Waals surface area contributed by atoms with E-state index in [2.05, 4.69) is 15.4 Å². The number of pyridine rings is 1. The van der Waals surface area contributed by atoms with Gasteiger partial charge in [-0.05, 0) is 37.8 Å². The minimum absolute atomic E-state index is 0.109. The molecule has 0 radical (unpaired) electrons. The van der Waals surface area contributed by atoms with Gasteiger partial charge in [-0.25, -0.2) is 0 Å². The number of carbonyl (C=O) groups is 1. The highest BCUT2D eigenvalue weighted by Crippen LogP contribution is 2.59. The number of nitrogens with one attached hydrogen (secondary N) is 1. The topological polar surface area (TPSA) is 82.2 Å². The van der Waals surface area contributed by atoms with Crippen molar-refractivity contribution in [1.29, 1.82) is 0 Å². The van der Waals surface area contributed by atoms with Gasteiger partial charge in [0.2, 0.25) is 5.76 Å². The van der Waals surface area contributed by atoms with Crippen LogP contribution in [0.3, 0.4) is 0 Å². The van der Waals surface area contributed by atoms with E-state index in [-0.39, 0.29) is 35.1 Å². The molecule has 2 aliphatic carbocycles. The van der Waals surface area contributed by atoms with E-state index in [0.717, 1.165) is 36.9 Å². The SMILES string of the molecule is O=C(NC[C@@H]1CCCO1)c1oc2c(c1C(F)(F)F)-c1nn(Cc3ccccn3)cc1C1(CC1)C2. The summed E-state index contributed by atoms with van der Waals surface area (Å²) >= 11 is 0. The van der Waals surface area contributed by atoms with Crippen LogP contribution in [0.1, 0.15) is 58.8 Å². The van der Waals surface area contributed by atoms with Gasteiger partial charge in [-0.1, -0.05) is 6.07 Å². The zero-order valence-electron chi connectivity index (χ0n) is 18.3. The number of carbonyl (C=O) groups excluding carboxylic acids is 1. The van der Waals surface area contributed by atoms with E-state index in [1.807, 2.05) is 18.3 Å². The van der Waals surface area contributed by atoms with Gasteiger partial charge in [0, 0.05) is 42.9 Å². The number of alkyl halides is 3. The average molecular weight is 472 g/mol. The van der Waals surface area contributed by atoms with Gasteiger partial charge in [-0.3, -0.25) is 14.5 Å². The Labute approximate surface area is 193 Å². The van der Waals surface area contributed by atoms with Crippen molar-refractivity contribution in [2.24, 2.45) is 0 Å². The summed E-state index contributed by atoms with van der Waals surface area (Å²) in [5.74, 6) is -1.39. The molecule has 2 fully saturated rings. The third-order valence-electron chi connectivity index (χ3n) is 6.96. The van der Waals surface area contributed by atoms with Gasteiger partial charge >= 0.3 is 6.18 Å². The van der Waals surface area contributed by atoms with Crippen LogP contribution < -0.4 is 5.32 Å². The number of nitrogens with zero attached hydrogens (tertiary/aromatic N) is 3. The third-order valence-corrected chi connectivity index (χ3v) is 6.96. The quantitative estimate of drug-likeness (QED) is 0.605. The Kier molecular flexibility index (Phi) is 4.84. The standard InChI is InChI=1S/C24H23F3N4O3/c25-24(26,27)19-18-17(34-21(19)22(32)29-11-15-5-3-9-33-15)10-23(6-7-23)16-13-31(30-20(16)18)12-14-4-1-2-8-28-14/h1-2,4,8,13,15H,3,5-7,9-12H2,(H,29,32)/t15-/m0/s1. The van der Waals surface area contributed by atoms with Crippen LogP contribution in [-0.2, 0) is 29.3 Å². The smallest absolute Gasteiger partial charge is 0.420 e. The highest BCUT2D eigenvalue weighted by Gasteiger charge is 2.55. The first kappa shape index (κ1) is 21.4. The molecule has 3 aromatic heterocycles. The Hall–Kier alpha value is -3.14. The largest absolute Gasteiger partial charge is 0.454 e. The van der Waals surface area contributed by atoms with Crippen LogP contribution >= 0.6 is 0 Å². The normalized spacial score (nSPS) is 20.3. The molecule has 0 bridgehead atoms. The molecule has 3 aliphatic rings. The van der Waals surface area contributed by atoms with Gasteiger partial charge in [0.15, 0.2) is 0 Å². The maximum absolute atomic E-state index is 14.3. The summed E-state index contributed by atoms with van der Waals surface area (Å²) < 4.78 is 55.7. The number of hydrogen-bond acceptors (Lipinski definition) is 5. The van der Waals surface area contributed by atoms with Crippen molar-refractivity contribution in [3.63, 3.8) is 0 Å². The molecule has 7 nitrogen and oxygen atoms in total. The lowest BCUT2D eigenvalue weighted by Gasteiger charge is -2.20. The van der Waals surface area contributed by atoms with E-state index in [9.17, 15) is 18.0 Å². The molecule has 34 heavy (non-hydrogen) atoms. The van der Waals surface area contributed by atoms with Crippen molar-refractivity contribution in [2.75, 3.05) is 13.2 Å². The summed E-state index contributed by atoms with van der Waals surface area (Å²) in [6, 6.07) is 5.50. The van der Waals surface area contributed by atoms with E-state index in [1.54, 1.807) is 16.9 Å². The van der Waals surface area contributed by atoms with E-state index < -0.39 is 23.4 Å². The molecular weight excluding hydrogens is 449 g/mol. The zero-order valence-corrected chi connectivity index (χ0v) is 18.3. The first-order valence-corrected chi connectivity index (χ1v) is 11.4. The summed E-state index contributed by atoms with van der Waals surface area (Å²) in [7, 11) is 0. The van der Waals surface area contributed by atoms with Gasteiger partial charge in [0.05, 0.1) is 23.9 Å². The van der Waals surface area contributed by atoms with Crippen LogP contribution in [0.2, 0.25) is 0 Å². The predicted octanol–water partition coefficient (Wildman–Crippen LogP) is 4.10. The molecule has 1 aliphatic heterocycles. The number of ether oxygens (including phenoxy) is 1. The summed E-state index contributed by atoms with van der Waals surface area (Å²) in [6.07, 6.45) is 2.18. The Balaban J connectivity index is 1.40. The van der Waals surface area contributed by atoms with Gasteiger partial charge in [0.25, 0.3) is 5.91 Å². The molecular formula is C24H23F3N4O3. The fourth-order valence-electron chi connectivity index (χ4n) is 5.11. The molecule has 1 amide bonds. The number of amides is 1. The predicted molar refractivity (Wildman–Crippen MR) is 114 cm³/mol. The fourth-order valence-corrected chi connectivity index (χ4v) is 5.11. The van der Waals surface area contributed by atoms with Crippen molar-refractivity contribution >= 4 is 5.91 Å². The monoisotopic (exact) mass is 472 g/mol. The van der Waals surface area contributed by atoms with Crippen LogP contribution in [0.5, 0.6) is 0 Å². The van der Waals surface area contributed by atoms with Crippen molar-refractivity contribution < 1.29 is 27.1 Å². The first-order valence-electron chi connectivity index (χ1n) is 11.4. The summed E-state index contributed by atoms with van der Waals surface area (Å²) in [5, 5.41) is 7.11. The number of furan rings is 1. The Morgan fingerprint density at radius 1 is 1.29 bits per heavy atom. The highest BCUT2D eigenvalue weighted by molar-refractivity contribution is 5.96. The number of hydrogen-bond donors (Lipinski definition) is 1. The van der Waals surface area contributed by atoms with Gasteiger partial charge < -0.3 is 14.5 Å². The lowest BCUT2D eigenvalue weighted by molar-refractivity contribution is -0.137. The number of halogens is 3. The zero-order chi connectivity index (χ0) is 23.5. The van der Waals surface area contributed by atoms with E-state index in [0.29, 0.717) is 19.6 Å². The molecule has 0 unspecified atom stereocenters. The lowest BCUT2D eigenvalue weighted by Crippen LogP contribution is -2.32. The molecule has 1 saturated heterocycles. The van der Waals surface area contributed by atoms with Crippen LogP contribution in [0.4, 0.5) is 13.2 Å². The second kappa shape index (κ2) is 7.69. The number of rotatable bonds is 5. The van der Waals surface area contributed by atoms with Crippen LogP contribution in [0.25, 0.3) is 11.3 Å². The molecule has 1 saturated carbocycles. The minimum atomic E-state index is -4.77.